The summed E-state index contributed by atoms with van der Waals surface area (Å²) in [4.78, 5) is 30.6. The number of carbonyl (C=O) groups is 2. The number of aliphatic hydroxyl groups excluding tert-OH is 2. The molecule has 2 heterocycles. The molecule has 1 aromatic heterocycles. The van der Waals surface area contributed by atoms with Crippen molar-refractivity contribution in [1.29, 1.82) is 0 Å². The molecule has 0 fully saturated rings. The van der Waals surface area contributed by atoms with Gasteiger partial charge in [0.15, 0.2) is 0 Å². The van der Waals surface area contributed by atoms with Crippen LogP contribution in [0.3, 0.4) is 0 Å². The first-order valence-corrected chi connectivity index (χ1v) is 13.2. The van der Waals surface area contributed by atoms with Crippen LogP contribution in [0, 0.1) is 24.2 Å². The van der Waals surface area contributed by atoms with Crippen LogP contribution in [-0.2, 0) is 9.59 Å². The normalized spacial score (nSPS) is 32.1. The first-order chi connectivity index (χ1) is 15.8. The maximum Gasteiger partial charge on any atom is 0.223 e. The van der Waals surface area contributed by atoms with Crippen LogP contribution in [0.2, 0.25) is 0 Å². The zero-order valence-electron chi connectivity index (χ0n) is 21.7. The highest BCUT2D eigenvalue weighted by molar-refractivity contribution is 7.09. The van der Waals surface area contributed by atoms with E-state index in [1.807, 2.05) is 32.2 Å². The second-order valence-corrected chi connectivity index (χ2v) is 11.6. The lowest BCUT2D eigenvalue weighted by atomic mass is 9.73. The van der Waals surface area contributed by atoms with Crippen molar-refractivity contribution in [3.8, 4) is 0 Å². The van der Waals surface area contributed by atoms with Crippen molar-refractivity contribution in [3.63, 3.8) is 0 Å². The monoisotopic (exact) mass is 490 g/mol. The van der Waals surface area contributed by atoms with Gasteiger partial charge in [0.05, 0.1) is 40.8 Å². The number of nitrogens with zero attached hydrogens (tertiary/aromatic N) is 1. The molecular weight excluding hydrogens is 448 g/mol. The Kier molecular flexibility index (Phi) is 10.2. The highest BCUT2D eigenvalue weighted by atomic mass is 32.1. The fourth-order valence-electron chi connectivity index (χ4n) is 4.52. The molecule has 0 radical (unpaired) electrons. The number of aliphatic hydroxyl groups is 2. The van der Waals surface area contributed by atoms with Crippen molar-refractivity contribution in [3.05, 3.63) is 33.3 Å². The van der Waals surface area contributed by atoms with E-state index in [-0.39, 0.29) is 30.1 Å². The zero-order valence-corrected chi connectivity index (χ0v) is 22.5. The number of carbonyl (C=O) groups excluding carboxylic acids is 2. The van der Waals surface area contributed by atoms with Gasteiger partial charge in [0, 0.05) is 11.3 Å². The number of amides is 1. The molecule has 3 N–H and O–H groups in total. The van der Waals surface area contributed by atoms with Crippen LogP contribution in [0.5, 0.6) is 0 Å². The standard InChI is InChI=1S/C27H42N2O4S/c1-16-9-8-10-17(2)25(32)19(4)26(33)27(6,7)23(30)14-24(31)29-22(12-11-16)18(3)13-21-15-34-20(5)28-21/h11,13,15,17,19,22-23,25,30,32H,8-10,12,14H2,1-7H3,(H,29,31)/b16-11-,18-13+/t17-,19+,22?,23?,25-/m0/s1. The fourth-order valence-corrected chi connectivity index (χ4v) is 5.09. The highest BCUT2D eigenvalue weighted by Gasteiger charge is 2.42. The van der Waals surface area contributed by atoms with E-state index in [1.54, 1.807) is 32.1 Å². The number of aromatic nitrogens is 1. The molecule has 2 rings (SSSR count). The molecule has 34 heavy (non-hydrogen) atoms. The first kappa shape index (κ1) is 28.4. The summed E-state index contributed by atoms with van der Waals surface area (Å²) in [5.41, 5.74) is 1.94. The van der Waals surface area contributed by atoms with E-state index in [4.69, 9.17) is 0 Å². The Balaban J connectivity index is 2.33. The topological polar surface area (TPSA) is 99.5 Å². The fraction of sp³-hybridized carbons (Fsp3) is 0.667. The Bertz CT molecular complexity index is 917. The third kappa shape index (κ3) is 7.59. The number of aryl methyl sites for hydroxylation is 1. The number of hydrogen-bond donors (Lipinski definition) is 3. The largest absolute Gasteiger partial charge is 0.392 e. The minimum atomic E-state index is -1.15. The molecule has 0 aliphatic carbocycles. The smallest absolute Gasteiger partial charge is 0.223 e. The van der Waals surface area contributed by atoms with E-state index in [2.05, 4.69) is 23.3 Å². The van der Waals surface area contributed by atoms with Gasteiger partial charge in [-0.05, 0) is 64.0 Å². The molecule has 0 bridgehead atoms. The molecule has 5 atom stereocenters. The molecule has 1 aliphatic rings. The second kappa shape index (κ2) is 12.2. The van der Waals surface area contributed by atoms with Crippen molar-refractivity contribution in [2.45, 2.75) is 98.8 Å². The number of hydrogen-bond acceptors (Lipinski definition) is 6. The van der Waals surface area contributed by atoms with E-state index < -0.39 is 23.5 Å². The van der Waals surface area contributed by atoms with Gasteiger partial charge in [-0.2, -0.15) is 0 Å². The van der Waals surface area contributed by atoms with E-state index >= 15 is 0 Å². The lowest BCUT2D eigenvalue weighted by Crippen LogP contribution is -2.47. The molecule has 0 saturated carbocycles. The van der Waals surface area contributed by atoms with Crippen LogP contribution in [0.25, 0.3) is 6.08 Å². The van der Waals surface area contributed by atoms with Crippen molar-refractivity contribution in [1.82, 2.24) is 10.3 Å². The molecule has 1 amide bonds. The van der Waals surface area contributed by atoms with Gasteiger partial charge in [-0.25, -0.2) is 4.98 Å². The lowest BCUT2D eigenvalue weighted by molar-refractivity contribution is -0.143. The maximum atomic E-state index is 13.2. The predicted octanol–water partition coefficient (Wildman–Crippen LogP) is 4.84. The van der Waals surface area contributed by atoms with Gasteiger partial charge >= 0.3 is 0 Å². The number of allylic oxidation sites excluding steroid dienone is 1. The summed E-state index contributed by atoms with van der Waals surface area (Å²) >= 11 is 1.58. The minimum absolute atomic E-state index is 0.0320. The van der Waals surface area contributed by atoms with Gasteiger partial charge in [-0.3, -0.25) is 9.59 Å². The number of Topliss-reactive ketones (excluding diaryl/α,β-unsaturated/α-hetero) is 1. The summed E-state index contributed by atoms with van der Waals surface area (Å²) in [5, 5.41) is 27.7. The molecule has 6 nitrogen and oxygen atoms in total. The van der Waals surface area contributed by atoms with Gasteiger partial charge in [-0.15, -0.1) is 11.3 Å². The summed E-state index contributed by atoms with van der Waals surface area (Å²) in [6.45, 7) is 13.0. The van der Waals surface area contributed by atoms with Crippen LogP contribution in [0.15, 0.2) is 22.6 Å². The van der Waals surface area contributed by atoms with Gasteiger partial charge in [0.2, 0.25) is 5.91 Å². The Morgan fingerprint density at radius 2 is 1.91 bits per heavy atom. The van der Waals surface area contributed by atoms with E-state index in [9.17, 15) is 19.8 Å². The van der Waals surface area contributed by atoms with Crippen LogP contribution < -0.4 is 5.32 Å². The Labute approximate surface area is 208 Å². The number of ketones is 1. The van der Waals surface area contributed by atoms with Crippen molar-refractivity contribution in [2.75, 3.05) is 0 Å². The quantitative estimate of drug-likeness (QED) is 0.515. The molecule has 190 valence electrons. The van der Waals surface area contributed by atoms with Crippen LogP contribution in [-0.4, -0.2) is 45.1 Å². The average molecular weight is 491 g/mol. The van der Waals surface area contributed by atoms with Crippen LogP contribution >= 0.6 is 11.3 Å². The average Bonchev–Trinajstić information content (AvgIpc) is 3.18. The lowest BCUT2D eigenvalue weighted by Gasteiger charge is -2.34. The molecule has 0 saturated heterocycles. The number of thiazole rings is 1. The Morgan fingerprint density at radius 1 is 1.24 bits per heavy atom. The van der Waals surface area contributed by atoms with Gasteiger partial charge in [-0.1, -0.05) is 39.3 Å². The predicted molar refractivity (Wildman–Crippen MR) is 138 cm³/mol. The van der Waals surface area contributed by atoms with E-state index in [1.165, 1.54) is 5.57 Å². The Morgan fingerprint density at radius 3 is 2.53 bits per heavy atom. The van der Waals surface area contributed by atoms with Gasteiger partial charge in [0.1, 0.15) is 5.78 Å². The zero-order chi connectivity index (χ0) is 25.6. The van der Waals surface area contributed by atoms with Crippen LogP contribution in [0.4, 0.5) is 0 Å². The summed E-state index contributed by atoms with van der Waals surface area (Å²) in [7, 11) is 0. The molecule has 1 aromatic rings. The summed E-state index contributed by atoms with van der Waals surface area (Å²) in [6, 6.07) is -0.233. The molecule has 0 spiro atoms. The van der Waals surface area contributed by atoms with Crippen molar-refractivity contribution in [2.24, 2.45) is 17.3 Å². The molecule has 0 aromatic carbocycles. The molecular formula is C27H42N2O4S. The number of rotatable bonds is 2. The summed E-state index contributed by atoms with van der Waals surface area (Å²) in [6.07, 6.45) is 5.30. The third-order valence-corrected chi connectivity index (χ3v) is 7.98. The van der Waals surface area contributed by atoms with Gasteiger partial charge < -0.3 is 15.5 Å². The highest BCUT2D eigenvalue weighted by Crippen LogP contribution is 2.32. The molecule has 1 aliphatic heterocycles. The molecule has 7 heteroatoms. The minimum Gasteiger partial charge on any atom is -0.392 e. The van der Waals surface area contributed by atoms with Crippen molar-refractivity contribution < 1.29 is 19.8 Å². The summed E-state index contributed by atoms with van der Waals surface area (Å²) < 4.78 is 0. The summed E-state index contributed by atoms with van der Waals surface area (Å²) in [5.74, 6) is -1.18. The van der Waals surface area contributed by atoms with Gasteiger partial charge in [0.25, 0.3) is 0 Å². The van der Waals surface area contributed by atoms with E-state index in [0.29, 0.717) is 6.42 Å². The Hall–Kier alpha value is -1.83. The van der Waals surface area contributed by atoms with Crippen molar-refractivity contribution >= 4 is 29.1 Å². The van der Waals surface area contributed by atoms with Crippen LogP contribution in [0.1, 0.15) is 84.3 Å². The first-order valence-electron chi connectivity index (χ1n) is 12.3. The number of nitrogens with one attached hydrogen (secondary N) is 1. The third-order valence-electron chi connectivity index (χ3n) is 7.19. The second-order valence-electron chi connectivity index (χ2n) is 10.5. The maximum absolute atomic E-state index is 13.2. The molecule has 2 unspecified atom stereocenters. The SMILES string of the molecule is C/C1=C/CC(/C(C)=C/c2csc(C)n2)NC(=O)CC(O)C(C)(C)C(=O)[C@H](C)[C@@H](O)[C@@H](C)CCC1. The van der Waals surface area contributed by atoms with E-state index in [0.717, 1.165) is 35.5 Å².